The molecule has 0 aliphatic rings. The number of pyridine rings is 1. The Labute approximate surface area is 370 Å². The van der Waals surface area contributed by atoms with E-state index in [9.17, 15) is 0 Å². The van der Waals surface area contributed by atoms with Crippen molar-refractivity contribution in [2.24, 2.45) is 0 Å². The molecule has 10 rings (SSSR count). The zero-order valence-corrected chi connectivity index (χ0v) is 36.7. The molecule has 3 heterocycles. The van der Waals surface area contributed by atoms with Crippen LogP contribution >= 0.6 is 0 Å². The molecule has 0 aliphatic carbocycles. The Balaban J connectivity index is 1.11. The highest BCUT2D eigenvalue weighted by atomic mass is 16.5. The summed E-state index contributed by atoms with van der Waals surface area (Å²) in [4.78, 5) is 4.90. The van der Waals surface area contributed by atoms with Gasteiger partial charge < -0.3 is 4.74 Å². The summed E-state index contributed by atoms with van der Waals surface area (Å²) in [5.41, 5.74) is 13.0. The standard InChI is InChI=1S/C58H50N4O/c1-57(2,3)46-28-29-59-56(35-46)62-53-25-17-16-24-51(53)52-27-26-49(37-54(52)62)63-50-34-45(42-22-14-9-15-23-42)31-47(36-50)60-38-55(58(4,5)6)61(39-60)48-32-43(40-18-10-7-11-19-40)30-44(33-48)41-20-12-8-13-21-41/h7-38H,1-6H3. The van der Waals surface area contributed by atoms with Gasteiger partial charge in [0.1, 0.15) is 17.3 Å². The molecule has 5 nitrogen and oxygen atoms in total. The van der Waals surface area contributed by atoms with Crippen LogP contribution in [0.15, 0.2) is 194 Å². The monoisotopic (exact) mass is 818 g/mol. The van der Waals surface area contributed by atoms with Crippen molar-refractivity contribution < 1.29 is 9.30 Å². The quantitative estimate of drug-likeness (QED) is 0.113. The third kappa shape index (κ3) is 7.83. The molecule has 308 valence electrons. The zero-order chi connectivity index (χ0) is 43.3. The van der Waals surface area contributed by atoms with Gasteiger partial charge in [0.05, 0.1) is 28.1 Å². The Bertz CT molecular complexity index is 3200. The van der Waals surface area contributed by atoms with Crippen LogP contribution < -0.4 is 9.30 Å². The van der Waals surface area contributed by atoms with E-state index in [1.165, 1.54) is 22.1 Å². The maximum atomic E-state index is 6.93. The van der Waals surface area contributed by atoms with Crippen LogP contribution in [0.5, 0.6) is 11.5 Å². The summed E-state index contributed by atoms with van der Waals surface area (Å²) in [6.07, 6.45) is 7.93. The minimum atomic E-state index is -0.205. The second kappa shape index (κ2) is 15.8. The molecule has 3 aromatic heterocycles. The van der Waals surface area contributed by atoms with Crippen molar-refractivity contribution in [1.29, 1.82) is 0 Å². The maximum Gasteiger partial charge on any atom is 0.269 e. The van der Waals surface area contributed by atoms with E-state index in [0.29, 0.717) is 0 Å². The van der Waals surface area contributed by atoms with Gasteiger partial charge in [0.15, 0.2) is 0 Å². The molecular formula is C58H50N4O. The predicted octanol–water partition coefficient (Wildman–Crippen LogP) is 14.4. The van der Waals surface area contributed by atoms with Crippen LogP contribution in [-0.2, 0) is 10.8 Å². The van der Waals surface area contributed by atoms with Gasteiger partial charge in [0, 0.05) is 29.2 Å². The fraction of sp³-hybridized carbons (Fsp3) is 0.138. The first-order chi connectivity index (χ1) is 30.5. The van der Waals surface area contributed by atoms with E-state index < -0.39 is 0 Å². The second-order valence-corrected chi connectivity index (χ2v) is 18.4. The number of rotatable bonds is 8. The van der Waals surface area contributed by atoms with Gasteiger partial charge in [0.25, 0.3) is 6.33 Å². The highest BCUT2D eigenvalue weighted by Crippen LogP contribution is 2.38. The molecule has 0 bridgehead atoms. The van der Waals surface area contributed by atoms with Crippen molar-refractivity contribution in [3.8, 4) is 62.1 Å². The van der Waals surface area contributed by atoms with Crippen molar-refractivity contribution in [3.63, 3.8) is 0 Å². The van der Waals surface area contributed by atoms with Crippen molar-refractivity contribution in [1.82, 2.24) is 14.1 Å². The molecule has 0 saturated carbocycles. The number of imidazole rings is 1. The molecule has 10 aromatic rings. The SMILES string of the molecule is CC(C)(C)c1ccnc(-n2c3ccccc3c3ccc(Oc4cc(-c5ccccc5)cc(-n5[c-][n+](-c6cc(-c7ccccc7)cc(-c7ccccc7)c6)c(C(C)(C)C)c5)c4)cc32)c1. The van der Waals surface area contributed by atoms with Gasteiger partial charge >= 0.3 is 0 Å². The Morgan fingerprint density at radius 3 is 1.70 bits per heavy atom. The first-order valence-electron chi connectivity index (χ1n) is 21.7. The third-order valence-electron chi connectivity index (χ3n) is 11.9. The van der Waals surface area contributed by atoms with Crippen molar-refractivity contribution in [3.05, 3.63) is 212 Å². The van der Waals surface area contributed by atoms with Gasteiger partial charge in [-0.2, -0.15) is 0 Å². The summed E-state index contributed by atoms with van der Waals surface area (Å²) in [7, 11) is 0. The van der Waals surface area contributed by atoms with E-state index in [1.54, 1.807) is 0 Å². The van der Waals surface area contributed by atoms with Crippen LogP contribution in [0.25, 0.3) is 72.4 Å². The number of hydrogen-bond acceptors (Lipinski definition) is 2. The molecule has 0 N–H and O–H groups in total. The molecule has 63 heavy (non-hydrogen) atoms. The van der Waals surface area contributed by atoms with E-state index in [4.69, 9.17) is 9.72 Å². The maximum absolute atomic E-state index is 6.93. The molecule has 0 atom stereocenters. The first-order valence-corrected chi connectivity index (χ1v) is 21.7. The van der Waals surface area contributed by atoms with Gasteiger partial charge in [-0.05, 0) is 117 Å². The lowest BCUT2D eigenvalue weighted by Gasteiger charge is -2.21. The molecular weight excluding hydrogens is 769 g/mol. The number of benzene rings is 7. The van der Waals surface area contributed by atoms with E-state index in [1.807, 2.05) is 6.20 Å². The summed E-state index contributed by atoms with van der Waals surface area (Å²) in [6, 6.07) is 64.3. The molecule has 5 heteroatoms. The fourth-order valence-corrected chi connectivity index (χ4v) is 8.55. The lowest BCUT2D eigenvalue weighted by Crippen LogP contribution is -2.38. The summed E-state index contributed by atoms with van der Waals surface area (Å²) in [5.74, 6) is 2.35. The number of hydrogen-bond donors (Lipinski definition) is 0. The highest BCUT2D eigenvalue weighted by Gasteiger charge is 2.24. The van der Waals surface area contributed by atoms with Gasteiger partial charge in [-0.1, -0.05) is 151 Å². The van der Waals surface area contributed by atoms with Crippen molar-refractivity contribution in [2.75, 3.05) is 0 Å². The van der Waals surface area contributed by atoms with Crippen LogP contribution in [0.2, 0.25) is 0 Å². The van der Waals surface area contributed by atoms with Gasteiger partial charge in [-0.15, -0.1) is 0 Å². The van der Waals surface area contributed by atoms with Crippen molar-refractivity contribution in [2.45, 2.75) is 52.4 Å². The second-order valence-electron chi connectivity index (χ2n) is 18.4. The molecule has 0 aliphatic heterocycles. The van der Waals surface area contributed by atoms with E-state index in [-0.39, 0.29) is 10.8 Å². The Morgan fingerprint density at radius 1 is 0.492 bits per heavy atom. The van der Waals surface area contributed by atoms with Crippen LogP contribution in [-0.4, -0.2) is 14.1 Å². The first kappa shape index (κ1) is 39.6. The average Bonchev–Trinajstić information content (AvgIpc) is 3.91. The lowest BCUT2D eigenvalue weighted by molar-refractivity contribution is -0.611. The topological polar surface area (TPSA) is 35.9 Å². The van der Waals surface area contributed by atoms with Gasteiger partial charge in [-0.25, -0.2) is 4.98 Å². The molecule has 0 saturated heterocycles. The third-order valence-corrected chi connectivity index (χ3v) is 11.9. The van der Waals surface area contributed by atoms with Gasteiger partial charge in [0.2, 0.25) is 0 Å². The van der Waals surface area contributed by atoms with E-state index >= 15 is 0 Å². The average molecular weight is 819 g/mol. The minimum absolute atomic E-state index is 0.0203. The van der Waals surface area contributed by atoms with E-state index in [2.05, 4.69) is 250 Å². The molecule has 0 radical (unpaired) electrons. The normalized spacial score (nSPS) is 12.0. The van der Waals surface area contributed by atoms with Crippen LogP contribution in [0, 0.1) is 6.33 Å². The van der Waals surface area contributed by atoms with Gasteiger partial charge in [-0.3, -0.25) is 13.7 Å². The highest BCUT2D eigenvalue weighted by molar-refractivity contribution is 6.09. The van der Waals surface area contributed by atoms with Crippen LogP contribution in [0.3, 0.4) is 0 Å². The summed E-state index contributed by atoms with van der Waals surface area (Å²) in [5, 5.41) is 2.32. The minimum Gasteiger partial charge on any atom is -0.458 e. The number of nitrogens with zero attached hydrogens (tertiary/aromatic N) is 4. The van der Waals surface area contributed by atoms with Crippen molar-refractivity contribution >= 4 is 21.8 Å². The van der Waals surface area contributed by atoms with Crippen LogP contribution in [0.1, 0.15) is 52.8 Å². The number of fused-ring (bicyclic) bond motifs is 3. The van der Waals surface area contributed by atoms with Crippen LogP contribution in [0.4, 0.5) is 0 Å². The molecule has 0 amide bonds. The Hall–Kier alpha value is -7.50. The predicted molar refractivity (Wildman–Crippen MR) is 258 cm³/mol. The lowest BCUT2D eigenvalue weighted by atomic mass is 9.88. The number of ether oxygens (including phenoxy) is 1. The van der Waals surface area contributed by atoms with E-state index in [0.717, 1.165) is 73.1 Å². The summed E-state index contributed by atoms with van der Waals surface area (Å²) < 4.78 is 13.5. The molecule has 0 fully saturated rings. The summed E-state index contributed by atoms with van der Waals surface area (Å²) >= 11 is 0. The Morgan fingerprint density at radius 2 is 1.08 bits per heavy atom. The molecule has 0 spiro atoms. The Kier molecular flexibility index (Phi) is 9.91. The number of para-hydroxylation sites is 1. The fourth-order valence-electron chi connectivity index (χ4n) is 8.55. The summed E-state index contributed by atoms with van der Waals surface area (Å²) in [6.45, 7) is 13.5. The zero-order valence-electron chi connectivity index (χ0n) is 36.7. The largest absolute Gasteiger partial charge is 0.458 e. The number of aromatic nitrogens is 4. The molecule has 0 unspecified atom stereocenters. The molecule has 7 aromatic carbocycles. The smallest absolute Gasteiger partial charge is 0.269 e.